The summed E-state index contributed by atoms with van der Waals surface area (Å²) in [5, 5.41) is 0. The number of hydrogen-bond acceptors (Lipinski definition) is 4. The van der Waals surface area contributed by atoms with Gasteiger partial charge in [-0.2, -0.15) is 0 Å². The molecule has 6 nitrogen and oxygen atoms in total. The third-order valence-corrected chi connectivity index (χ3v) is 5.22. The van der Waals surface area contributed by atoms with Gasteiger partial charge >= 0.3 is 6.09 Å². The van der Waals surface area contributed by atoms with E-state index in [9.17, 15) is 9.59 Å². The van der Waals surface area contributed by atoms with Gasteiger partial charge in [0.2, 0.25) is 5.91 Å². The van der Waals surface area contributed by atoms with Crippen LogP contribution in [0, 0.1) is 0 Å². The fraction of sp³-hybridized carbons (Fsp3) is 0.556. The average Bonchev–Trinajstić information content (AvgIpc) is 2.89. The second-order valence-electron chi connectivity index (χ2n) is 6.82. The van der Waals surface area contributed by atoms with Crippen LogP contribution in [-0.2, 0) is 16.0 Å². The molecule has 2 amide bonds. The first kappa shape index (κ1) is 16.8. The van der Waals surface area contributed by atoms with E-state index >= 15 is 0 Å². The highest BCUT2D eigenvalue weighted by molar-refractivity contribution is 5.79. The first-order valence-electron chi connectivity index (χ1n) is 8.54. The molecule has 6 heteroatoms. The van der Waals surface area contributed by atoms with E-state index in [0.717, 1.165) is 32.4 Å². The van der Waals surface area contributed by atoms with Crippen molar-refractivity contribution < 1.29 is 14.3 Å². The Morgan fingerprint density at radius 1 is 1.29 bits per heavy atom. The highest BCUT2D eigenvalue weighted by atomic mass is 16.6. The van der Waals surface area contributed by atoms with Gasteiger partial charge in [-0.25, -0.2) is 4.79 Å². The van der Waals surface area contributed by atoms with Gasteiger partial charge in [0.05, 0.1) is 12.6 Å². The van der Waals surface area contributed by atoms with Crippen molar-refractivity contribution in [2.45, 2.75) is 37.8 Å². The van der Waals surface area contributed by atoms with Crippen molar-refractivity contribution in [3.05, 3.63) is 35.9 Å². The molecule has 2 fully saturated rings. The van der Waals surface area contributed by atoms with Crippen LogP contribution >= 0.6 is 0 Å². The molecule has 0 bridgehead atoms. The van der Waals surface area contributed by atoms with Crippen LogP contribution in [0.15, 0.2) is 30.3 Å². The van der Waals surface area contributed by atoms with Crippen LogP contribution in [0.3, 0.4) is 0 Å². The Morgan fingerprint density at radius 2 is 1.96 bits per heavy atom. The van der Waals surface area contributed by atoms with Crippen LogP contribution in [-0.4, -0.2) is 59.6 Å². The molecule has 24 heavy (non-hydrogen) atoms. The first-order valence-corrected chi connectivity index (χ1v) is 8.54. The van der Waals surface area contributed by atoms with Crippen molar-refractivity contribution in [3.8, 4) is 0 Å². The number of piperidine rings is 1. The van der Waals surface area contributed by atoms with Crippen LogP contribution in [0.4, 0.5) is 4.79 Å². The normalized spacial score (nSPS) is 21.7. The zero-order chi connectivity index (χ0) is 17.2. The molecule has 1 atom stereocenters. The van der Waals surface area contributed by atoms with Crippen molar-refractivity contribution in [1.29, 1.82) is 0 Å². The highest BCUT2D eigenvalue weighted by Crippen LogP contribution is 2.33. The number of primary amides is 1. The molecular formula is C18H25N3O3. The summed E-state index contributed by atoms with van der Waals surface area (Å²) < 4.78 is 5.72. The number of nitrogens with zero attached hydrogens (tertiary/aromatic N) is 2. The second-order valence-corrected chi connectivity index (χ2v) is 6.82. The maximum Gasteiger partial charge on any atom is 0.410 e. The predicted octanol–water partition coefficient (Wildman–Crippen LogP) is 1.39. The highest BCUT2D eigenvalue weighted by Gasteiger charge is 2.47. The number of carbonyl (C=O) groups excluding carboxylic acids is 2. The molecule has 2 aliphatic rings. The number of amides is 2. The molecule has 0 radical (unpaired) electrons. The maximum atomic E-state index is 12.2. The predicted molar refractivity (Wildman–Crippen MR) is 90.4 cm³/mol. The minimum atomic E-state index is -0.401. The minimum absolute atomic E-state index is 0.220. The smallest absolute Gasteiger partial charge is 0.410 e. The minimum Gasteiger partial charge on any atom is -0.441 e. The Morgan fingerprint density at radius 3 is 2.58 bits per heavy atom. The van der Waals surface area contributed by atoms with Gasteiger partial charge in [0.15, 0.2) is 0 Å². The molecule has 2 N–H and O–H groups in total. The van der Waals surface area contributed by atoms with Crippen LogP contribution in [0.25, 0.3) is 0 Å². The summed E-state index contributed by atoms with van der Waals surface area (Å²) in [4.78, 5) is 27.4. The zero-order valence-electron chi connectivity index (χ0n) is 14.1. The average molecular weight is 331 g/mol. The molecule has 2 aliphatic heterocycles. The van der Waals surface area contributed by atoms with Gasteiger partial charge in [0.1, 0.15) is 5.60 Å². The Bertz CT molecular complexity index is 597. The van der Waals surface area contributed by atoms with Crippen molar-refractivity contribution in [2.24, 2.45) is 5.73 Å². The van der Waals surface area contributed by atoms with E-state index in [1.165, 1.54) is 5.56 Å². The Balaban J connectivity index is 1.54. The van der Waals surface area contributed by atoms with Gasteiger partial charge in [-0.05, 0) is 18.9 Å². The number of hydrogen-bond donors (Lipinski definition) is 1. The van der Waals surface area contributed by atoms with E-state index in [-0.39, 0.29) is 18.0 Å². The maximum absolute atomic E-state index is 12.2. The van der Waals surface area contributed by atoms with Crippen molar-refractivity contribution in [2.75, 3.05) is 26.2 Å². The number of nitrogens with two attached hydrogens (primary N) is 1. The molecule has 2 heterocycles. The zero-order valence-corrected chi connectivity index (χ0v) is 14.1. The van der Waals surface area contributed by atoms with Crippen molar-refractivity contribution in [3.63, 3.8) is 0 Å². The van der Waals surface area contributed by atoms with Crippen molar-refractivity contribution in [1.82, 2.24) is 9.80 Å². The standard InChI is InChI=1S/C18H25N3O3/c1-14(16(19)22)20-11-8-18(9-12-20)13-21(17(23)24-18)10-7-15-5-3-2-4-6-15/h2-6,14H,7-13H2,1H3,(H2,19,22). The van der Waals surface area contributed by atoms with E-state index in [4.69, 9.17) is 10.5 Å². The van der Waals surface area contributed by atoms with E-state index < -0.39 is 5.60 Å². The summed E-state index contributed by atoms with van der Waals surface area (Å²) in [6.07, 6.45) is 2.11. The van der Waals surface area contributed by atoms with Crippen molar-refractivity contribution >= 4 is 12.0 Å². The summed E-state index contributed by atoms with van der Waals surface area (Å²) in [7, 11) is 0. The second kappa shape index (κ2) is 6.81. The molecule has 0 aromatic heterocycles. The number of benzene rings is 1. The molecule has 2 saturated heterocycles. The number of likely N-dealkylation sites (tertiary alicyclic amines) is 1. The van der Waals surface area contributed by atoms with Gasteiger partial charge in [-0.3, -0.25) is 9.69 Å². The van der Waals surface area contributed by atoms with Gasteiger partial charge in [-0.1, -0.05) is 30.3 Å². The third kappa shape index (κ3) is 3.53. The number of carbonyl (C=O) groups is 2. The van der Waals surface area contributed by atoms with E-state index in [0.29, 0.717) is 13.1 Å². The Labute approximate surface area is 142 Å². The van der Waals surface area contributed by atoms with Crippen LogP contribution in [0.1, 0.15) is 25.3 Å². The summed E-state index contributed by atoms with van der Waals surface area (Å²) in [5.74, 6) is -0.307. The van der Waals surface area contributed by atoms with Crippen LogP contribution in [0.2, 0.25) is 0 Å². The van der Waals surface area contributed by atoms with E-state index in [1.807, 2.05) is 25.1 Å². The molecule has 0 saturated carbocycles. The van der Waals surface area contributed by atoms with E-state index in [2.05, 4.69) is 17.0 Å². The lowest BCUT2D eigenvalue weighted by Gasteiger charge is -2.39. The quantitative estimate of drug-likeness (QED) is 0.885. The van der Waals surface area contributed by atoms with Gasteiger partial charge in [0.25, 0.3) is 0 Å². The SMILES string of the molecule is CC(C(N)=O)N1CCC2(CC1)CN(CCc1ccccc1)C(=O)O2. The lowest BCUT2D eigenvalue weighted by atomic mass is 9.90. The molecule has 1 aromatic carbocycles. The lowest BCUT2D eigenvalue weighted by Crippen LogP contribution is -2.52. The molecule has 3 rings (SSSR count). The molecule has 1 unspecified atom stereocenters. The fourth-order valence-corrected chi connectivity index (χ4v) is 3.53. The summed E-state index contributed by atoms with van der Waals surface area (Å²) in [5.41, 5.74) is 6.19. The molecular weight excluding hydrogens is 306 g/mol. The number of rotatable bonds is 5. The molecule has 1 spiro atoms. The summed E-state index contributed by atoms with van der Waals surface area (Å²) >= 11 is 0. The largest absolute Gasteiger partial charge is 0.441 e. The Hall–Kier alpha value is -2.08. The van der Waals surface area contributed by atoms with Gasteiger partial charge in [0, 0.05) is 32.5 Å². The van der Waals surface area contributed by atoms with Gasteiger partial charge in [-0.15, -0.1) is 0 Å². The Kier molecular flexibility index (Phi) is 4.76. The summed E-state index contributed by atoms with van der Waals surface area (Å²) in [6.45, 7) is 4.59. The molecule has 0 aliphatic carbocycles. The van der Waals surface area contributed by atoms with Gasteiger partial charge < -0.3 is 15.4 Å². The monoisotopic (exact) mass is 331 g/mol. The number of ether oxygens (including phenoxy) is 1. The fourth-order valence-electron chi connectivity index (χ4n) is 3.53. The molecule has 130 valence electrons. The third-order valence-electron chi connectivity index (χ3n) is 5.22. The van der Waals surface area contributed by atoms with Crippen LogP contribution < -0.4 is 5.73 Å². The first-order chi connectivity index (χ1) is 11.5. The van der Waals surface area contributed by atoms with Crippen LogP contribution in [0.5, 0.6) is 0 Å². The lowest BCUT2D eigenvalue weighted by molar-refractivity contribution is -0.124. The molecule has 1 aromatic rings. The van der Waals surface area contributed by atoms with E-state index in [1.54, 1.807) is 4.90 Å². The topological polar surface area (TPSA) is 75.9 Å². The summed E-state index contributed by atoms with van der Waals surface area (Å²) in [6, 6.07) is 9.88.